The molecular formula is C10H19NO3. The maximum absolute atomic E-state index is 11.3. The molecule has 0 saturated carbocycles. The van der Waals surface area contributed by atoms with Crippen LogP contribution in [-0.2, 0) is 9.53 Å². The number of rotatable bonds is 5. The lowest BCUT2D eigenvalue weighted by atomic mass is 10.1. The summed E-state index contributed by atoms with van der Waals surface area (Å²) in [5.41, 5.74) is 0. The van der Waals surface area contributed by atoms with E-state index in [4.69, 9.17) is 9.84 Å². The Hall–Kier alpha value is -0.610. The van der Waals surface area contributed by atoms with Gasteiger partial charge in [-0.05, 0) is 25.7 Å². The molecule has 14 heavy (non-hydrogen) atoms. The molecule has 0 aromatic rings. The number of carbonyl (C=O) groups is 1. The molecular weight excluding hydrogens is 182 g/mol. The minimum absolute atomic E-state index is 0.0327. The van der Waals surface area contributed by atoms with Crippen molar-refractivity contribution in [3.63, 3.8) is 0 Å². The van der Waals surface area contributed by atoms with E-state index in [1.165, 1.54) is 0 Å². The van der Waals surface area contributed by atoms with Gasteiger partial charge in [-0.2, -0.15) is 0 Å². The standard InChI is InChI=1S/C10H19NO3/c12-6-3-5-11-10(13)8-9-4-1-2-7-14-9/h9,12H,1-8H2,(H,11,13). The fourth-order valence-corrected chi connectivity index (χ4v) is 1.55. The van der Waals surface area contributed by atoms with Crippen LogP contribution >= 0.6 is 0 Å². The first-order valence-electron chi connectivity index (χ1n) is 5.32. The van der Waals surface area contributed by atoms with Gasteiger partial charge in [0.15, 0.2) is 0 Å². The van der Waals surface area contributed by atoms with Crippen molar-refractivity contribution in [3.05, 3.63) is 0 Å². The first-order valence-corrected chi connectivity index (χ1v) is 5.32. The molecule has 1 aliphatic heterocycles. The average Bonchev–Trinajstić information content (AvgIpc) is 2.20. The Morgan fingerprint density at radius 2 is 2.36 bits per heavy atom. The first-order chi connectivity index (χ1) is 6.83. The molecule has 82 valence electrons. The van der Waals surface area contributed by atoms with E-state index in [-0.39, 0.29) is 18.6 Å². The summed E-state index contributed by atoms with van der Waals surface area (Å²) < 4.78 is 5.44. The maximum Gasteiger partial charge on any atom is 0.222 e. The van der Waals surface area contributed by atoms with Gasteiger partial charge >= 0.3 is 0 Å². The number of aliphatic hydroxyl groups excluding tert-OH is 1. The second kappa shape index (κ2) is 6.79. The Balaban J connectivity index is 2.06. The number of hydrogen-bond acceptors (Lipinski definition) is 3. The van der Waals surface area contributed by atoms with E-state index < -0.39 is 0 Å². The second-order valence-electron chi connectivity index (χ2n) is 3.62. The van der Waals surface area contributed by atoms with Crippen LogP contribution in [0, 0.1) is 0 Å². The van der Waals surface area contributed by atoms with Gasteiger partial charge in [0.25, 0.3) is 0 Å². The van der Waals surface area contributed by atoms with E-state index in [1.807, 2.05) is 0 Å². The minimum Gasteiger partial charge on any atom is -0.396 e. The van der Waals surface area contributed by atoms with Crippen LogP contribution in [0.15, 0.2) is 0 Å². The lowest BCUT2D eigenvalue weighted by Gasteiger charge is -2.21. The summed E-state index contributed by atoms with van der Waals surface area (Å²) >= 11 is 0. The Morgan fingerprint density at radius 3 is 3.00 bits per heavy atom. The lowest BCUT2D eigenvalue weighted by Crippen LogP contribution is -2.31. The molecule has 0 bridgehead atoms. The zero-order chi connectivity index (χ0) is 10.2. The highest BCUT2D eigenvalue weighted by atomic mass is 16.5. The molecule has 0 spiro atoms. The topological polar surface area (TPSA) is 58.6 Å². The largest absolute Gasteiger partial charge is 0.396 e. The van der Waals surface area contributed by atoms with Gasteiger partial charge in [0.05, 0.1) is 12.5 Å². The molecule has 0 aliphatic carbocycles. The highest BCUT2D eigenvalue weighted by Crippen LogP contribution is 2.15. The second-order valence-corrected chi connectivity index (χ2v) is 3.62. The molecule has 1 aliphatic rings. The van der Waals surface area contributed by atoms with Gasteiger partial charge in [0, 0.05) is 19.8 Å². The van der Waals surface area contributed by atoms with Crippen LogP contribution in [0.4, 0.5) is 0 Å². The van der Waals surface area contributed by atoms with Crippen LogP contribution in [0.5, 0.6) is 0 Å². The Morgan fingerprint density at radius 1 is 1.50 bits per heavy atom. The fraction of sp³-hybridized carbons (Fsp3) is 0.900. The molecule has 2 N–H and O–H groups in total. The smallest absolute Gasteiger partial charge is 0.222 e. The Kier molecular flexibility index (Phi) is 5.56. The van der Waals surface area contributed by atoms with E-state index in [0.717, 1.165) is 25.9 Å². The van der Waals surface area contributed by atoms with Crippen molar-refractivity contribution < 1.29 is 14.6 Å². The van der Waals surface area contributed by atoms with Crippen molar-refractivity contribution in [1.29, 1.82) is 0 Å². The van der Waals surface area contributed by atoms with E-state index in [2.05, 4.69) is 5.32 Å². The van der Waals surface area contributed by atoms with E-state index in [0.29, 0.717) is 19.4 Å². The van der Waals surface area contributed by atoms with Crippen LogP contribution in [0.25, 0.3) is 0 Å². The molecule has 4 nitrogen and oxygen atoms in total. The average molecular weight is 201 g/mol. The number of aliphatic hydroxyl groups is 1. The van der Waals surface area contributed by atoms with E-state index in [9.17, 15) is 4.79 Å². The molecule has 1 amide bonds. The number of hydrogen-bond donors (Lipinski definition) is 2. The van der Waals surface area contributed by atoms with Crippen molar-refractivity contribution in [3.8, 4) is 0 Å². The van der Waals surface area contributed by atoms with Crippen LogP contribution in [-0.4, -0.2) is 36.9 Å². The molecule has 1 heterocycles. The van der Waals surface area contributed by atoms with Crippen LogP contribution in [0.2, 0.25) is 0 Å². The number of ether oxygens (including phenoxy) is 1. The minimum atomic E-state index is 0.0327. The van der Waals surface area contributed by atoms with Gasteiger partial charge in [-0.15, -0.1) is 0 Å². The highest BCUT2D eigenvalue weighted by molar-refractivity contribution is 5.76. The summed E-state index contributed by atoms with van der Waals surface area (Å²) in [6.45, 7) is 1.47. The molecule has 1 unspecified atom stereocenters. The molecule has 1 rings (SSSR count). The summed E-state index contributed by atoms with van der Waals surface area (Å²) in [5.74, 6) is 0.0327. The van der Waals surface area contributed by atoms with Crippen LogP contribution in [0.1, 0.15) is 32.1 Å². The first kappa shape index (κ1) is 11.5. The molecule has 1 saturated heterocycles. The monoisotopic (exact) mass is 201 g/mol. The summed E-state index contributed by atoms with van der Waals surface area (Å²) in [7, 11) is 0. The van der Waals surface area contributed by atoms with E-state index in [1.54, 1.807) is 0 Å². The number of amides is 1. The third kappa shape index (κ3) is 4.58. The predicted molar refractivity (Wildman–Crippen MR) is 52.9 cm³/mol. The van der Waals surface area contributed by atoms with Crippen LogP contribution < -0.4 is 5.32 Å². The SMILES string of the molecule is O=C(CC1CCCCO1)NCCCO. The van der Waals surface area contributed by atoms with Gasteiger partial charge in [-0.25, -0.2) is 0 Å². The molecule has 0 aromatic heterocycles. The molecule has 0 radical (unpaired) electrons. The fourth-order valence-electron chi connectivity index (χ4n) is 1.55. The van der Waals surface area contributed by atoms with Gasteiger partial charge in [0.2, 0.25) is 5.91 Å². The summed E-state index contributed by atoms with van der Waals surface area (Å²) in [4.78, 5) is 11.3. The van der Waals surface area contributed by atoms with Gasteiger partial charge < -0.3 is 15.2 Å². The Bertz CT molecular complexity index is 167. The normalized spacial score (nSPS) is 21.9. The third-order valence-electron chi connectivity index (χ3n) is 2.34. The number of carbonyl (C=O) groups excluding carboxylic acids is 1. The maximum atomic E-state index is 11.3. The van der Waals surface area contributed by atoms with Crippen molar-refractivity contribution in [1.82, 2.24) is 5.32 Å². The van der Waals surface area contributed by atoms with Gasteiger partial charge in [0.1, 0.15) is 0 Å². The van der Waals surface area contributed by atoms with Gasteiger partial charge in [-0.3, -0.25) is 4.79 Å². The van der Waals surface area contributed by atoms with Crippen molar-refractivity contribution in [2.24, 2.45) is 0 Å². The van der Waals surface area contributed by atoms with E-state index >= 15 is 0 Å². The zero-order valence-corrected chi connectivity index (χ0v) is 8.50. The summed E-state index contributed by atoms with van der Waals surface area (Å²) in [6, 6.07) is 0. The molecule has 1 fully saturated rings. The lowest BCUT2D eigenvalue weighted by molar-refractivity contribution is -0.124. The number of nitrogens with one attached hydrogen (secondary N) is 1. The highest BCUT2D eigenvalue weighted by Gasteiger charge is 2.16. The molecule has 0 aromatic carbocycles. The quantitative estimate of drug-likeness (QED) is 0.635. The molecule has 4 heteroatoms. The van der Waals surface area contributed by atoms with Crippen LogP contribution in [0.3, 0.4) is 0 Å². The summed E-state index contributed by atoms with van der Waals surface area (Å²) in [5, 5.41) is 11.3. The zero-order valence-electron chi connectivity index (χ0n) is 8.50. The summed E-state index contributed by atoms with van der Waals surface area (Å²) in [6.07, 6.45) is 4.46. The van der Waals surface area contributed by atoms with Crippen molar-refractivity contribution in [2.45, 2.75) is 38.2 Å². The Labute approximate surface area is 84.6 Å². The third-order valence-corrected chi connectivity index (χ3v) is 2.34. The van der Waals surface area contributed by atoms with Gasteiger partial charge in [-0.1, -0.05) is 0 Å². The molecule has 1 atom stereocenters. The van der Waals surface area contributed by atoms with Crippen molar-refractivity contribution in [2.75, 3.05) is 19.8 Å². The predicted octanol–water partition coefficient (Wildman–Crippen LogP) is 0.444. The van der Waals surface area contributed by atoms with Crippen molar-refractivity contribution >= 4 is 5.91 Å².